The largest absolute Gasteiger partial charge is 0.459 e. The zero-order valence-electron chi connectivity index (χ0n) is 17.8. The Morgan fingerprint density at radius 2 is 1.59 bits per heavy atom. The Hall–Kier alpha value is -3.71. The quantitative estimate of drug-likeness (QED) is 0.639. The second-order valence-electron chi connectivity index (χ2n) is 7.75. The molecule has 34 heavy (non-hydrogen) atoms. The smallest absolute Gasteiger partial charge is 0.416 e. The maximum absolute atomic E-state index is 13.1. The van der Waals surface area contributed by atoms with Gasteiger partial charge in [-0.1, -0.05) is 0 Å². The lowest BCUT2D eigenvalue weighted by Gasteiger charge is -2.29. The molecule has 2 heterocycles. The van der Waals surface area contributed by atoms with Crippen molar-refractivity contribution in [2.24, 2.45) is 5.10 Å². The number of aromatic nitrogens is 2. The second kappa shape index (κ2) is 8.57. The van der Waals surface area contributed by atoms with E-state index in [1.807, 2.05) is 0 Å². The molecule has 0 radical (unpaired) electrons. The molecule has 1 unspecified atom stereocenters. The molecule has 0 saturated carbocycles. The van der Waals surface area contributed by atoms with Gasteiger partial charge in [-0.25, -0.2) is 10.4 Å². The molecule has 1 aliphatic rings. The molecule has 182 valence electrons. The van der Waals surface area contributed by atoms with Crippen molar-refractivity contribution < 1.29 is 40.7 Å². The second-order valence-corrected chi connectivity index (χ2v) is 7.75. The van der Waals surface area contributed by atoms with Crippen LogP contribution in [0, 0.1) is 0 Å². The average Bonchev–Trinajstić information content (AvgIpc) is 2.74. The fourth-order valence-electron chi connectivity index (χ4n) is 2.91. The summed E-state index contributed by atoms with van der Waals surface area (Å²) < 4.78 is 84.1. The molecule has 0 aliphatic carbocycles. The van der Waals surface area contributed by atoms with Crippen LogP contribution in [0.5, 0.6) is 0 Å². The van der Waals surface area contributed by atoms with Crippen molar-refractivity contribution in [2.75, 3.05) is 0 Å². The fraction of sp³-hybridized carbons (Fsp3) is 0.350. The summed E-state index contributed by atoms with van der Waals surface area (Å²) >= 11 is 0. The highest BCUT2D eigenvalue weighted by Crippen LogP contribution is 2.36. The van der Waals surface area contributed by atoms with Crippen molar-refractivity contribution in [3.63, 3.8) is 0 Å². The summed E-state index contributed by atoms with van der Waals surface area (Å²) in [6, 6.07) is -0.481. The number of hydrogen-bond donors (Lipinski definition) is 2. The van der Waals surface area contributed by atoms with E-state index >= 15 is 0 Å². The third-order valence-corrected chi connectivity index (χ3v) is 4.69. The zero-order chi connectivity index (χ0) is 25.5. The third-order valence-electron chi connectivity index (χ3n) is 4.69. The van der Waals surface area contributed by atoms with Gasteiger partial charge < -0.3 is 10.1 Å². The average molecular weight is 489 g/mol. The van der Waals surface area contributed by atoms with E-state index in [4.69, 9.17) is 4.74 Å². The van der Waals surface area contributed by atoms with Crippen LogP contribution >= 0.6 is 0 Å². The van der Waals surface area contributed by atoms with Crippen molar-refractivity contribution in [3.05, 3.63) is 58.7 Å². The van der Waals surface area contributed by atoms with Gasteiger partial charge in [0.2, 0.25) is 0 Å². The molecule has 1 aromatic carbocycles. The van der Waals surface area contributed by atoms with E-state index in [9.17, 15) is 35.9 Å². The summed E-state index contributed by atoms with van der Waals surface area (Å²) in [5, 5.41) is 6.07. The van der Waals surface area contributed by atoms with Crippen LogP contribution < -0.4 is 10.7 Å². The first kappa shape index (κ1) is 24.9. The summed E-state index contributed by atoms with van der Waals surface area (Å²) in [7, 11) is 0. The molecule has 0 spiro atoms. The molecule has 2 aromatic rings. The summed E-state index contributed by atoms with van der Waals surface area (Å²) in [4.78, 5) is 32.6. The third kappa shape index (κ3) is 5.26. The van der Waals surface area contributed by atoms with Crippen LogP contribution in [0.4, 0.5) is 26.3 Å². The number of hydrazone groups is 1. The van der Waals surface area contributed by atoms with E-state index in [0.29, 0.717) is 12.1 Å². The van der Waals surface area contributed by atoms with Crippen molar-refractivity contribution in [1.29, 1.82) is 0 Å². The van der Waals surface area contributed by atoms with E-state index < -0.39 is 52.5 Å². The number of rotatable bonds is 4. The van der Waals surface area contributed by atoms with Gasteiger partial charge in [0, 0.05) is 18.0 Å². The zero-order valence-corrected chi connectivity index (χ0v) is 17.8. The molecule has 2 N–H and O–H groups in total. The molecular formula is C20H17F6N5O3. The van der Waals surface area contributed by atoms with Crippen molar-refractivity contribution in [2.45, 2.75) is 44.8 Å². The molecule has 14 heteroatoms. The van der Waals surface area contributed by atoms with Gasteiger partial charge in [0.05, 0.1) is 22.9 Å². The molecular weight excluding hydrogens is 472 g/mol. The summed E-state index contributed by atoms with van der Waals surface area (Å²) in [5.41, 5.74) is -3.11. The van der Waals surface area contributed by atoms with Crippen LogP contribution in [-0.4, -0.2) is 33.3 Å². The number of hydrogen-bond acceptors (Lipinski definition) is 6. The van der Waals surface area contributed by atoms with Crippen LogP contribution in [0.15, 0.2) is 35.7 Å². The van der Waals surface area contributed by atoms with Crippen LogP contribution in [0.3, 0.4) is 0 Å². The molecule has 8 nitrogen and oxygen atoms in total. The number of nitrogens with one attached hydrogen (secondary N) is 2. The number of carbonyl (C=O) groups excluding carboxylic acids is 2. The molecule has 1 atom stereocenters. The van der Waals surface area contributed by atoms with Crippen molar-refractivity contribution in [1.82, 2.24) is 20.7 Å². The van der Waals surface area contributed by atoms with Crippen LogP contribution in [0.1, 0.15) is 59.7 Å². The number of alkyl halides is 6. The maximum Gasteiger partial charge on any atom is 0.416 e. The van der Waals surface area contributed by atoms with E-state index in [-0.39, 0.29) is 23.4 Å². The molecule has 1 aliphatic heterocycles. The van der Waals surface area contributed by atoms with Gasteiger partial charge in [-0.2, -0.15) is 26.3 Å². The minimum Gasteiger partial charge on any atom is -0.459 e. The maximum atomic E-state index is 13.1. The Morgan fingerprint density at radius 3 is 2.12 bits per heavy atom. The van der Waals surface area contributed by atoms with Gasteiger partial charge >= 0.3 is 12.4 Å². The predicted octanol–water partition coefficient (Wildman–Crippen LogP) is 3.59. The van der Waals surface area contributed by atoms with Gasteiger partial charge in [0.15, 0.2) is 11.3 Å². The van der Waals surface area contributed by atoms with Crippen molar-refractivity contribution >= 4 is 17.7 Å². The van der Waals surface area contributed by atoms with Crippen LogP contribution in [0.25, 0.3) is 0 Å². The summed E-state index contributed by atoms with van der Waals surface area (Å²) in [5.74, 6) is -1.89. The Labute approximate surface area is 188 Å². The van der Waals surface area contributed by atoms with E-state index in [1.54, 1.807) is 0 Å². The van der Waals surface area contributed by atoms with E-state index in [1.165, 1.54) is 33.2 Å². The van der Waals surface area contributed by atoms with Gasteiger partial charge in [-0.05, 0) is 39.0 Å². The predicted molar refractivity (Wildman–Crippen MR) is 104 cm³/mol. The Morgan fingerprint density at radius 1 is 1.03 bits per heavy atom. The monoisotopic (exact) mass is 489 g/mol. The van der Waals surface area contributed by atoms with Crippen LogP contribution in [0.2, 0.25) is 0 Å². The Kier molecular flexibility index (Phi) is 6.28. The van der Waals surface area contributed by atoms with Gasteiger partial charge in [-0.3, -0.25) is 14.6 Å². The molecule has 0 fully saturated rings. The van der Waals surface area contributed by atoms with Gasteiger partial charge in [0.25, 0.3) is 17.7 Å². The fourth-order valence-corrected chi connectivity index (χ4v) is 2.91. The highest BCUT2D eigenvalue weighted by molar-refractivity contribution is 6.00. The molecule has 2 amide bonds. The summed E-state index contributed by atoms with van der Waals surface area (Å²) in [6.45, 7) is 4.31. The Balaban J connectivity index is 1.93. The van der Waals surface area contributed by atoms with Gasteiger partial charge in [-0.15, -0.1) is 5.10 Å². The highest BCUT2D eigenvalue weighted by Gasteiger charge is 2.39. The van der Waals surface area contributed by atoms with E-state index in [2.05, 4.69) is 25.8 Å². The normalized spacial score (nSPS) is 16.7. The standard InChI is InChI=1S/C20H17F6N5O3/c1-9(13-14(28-5-4-27-13)16-30-31-17(33)18(2,3)34-16)29-15(32)10-6-11(19(21,22)23)8-12(7-10)20(24,25)26/h4-9H,1-3H3,(H,29,32)(H,31,33). The number of carbonyl (C=O) groups is 2. The summed E-state index contributed by atoms with van der Waals surface area (Å²) in [6.07, 6.45) is -7.69. The lowest BCUT2D eigenvalue weighted by Crippen LogP contribution is -2.48. The highest BCUT2D eigenvalue weighted by atomic mass is 19.4. The van der Waals surface area contributed by atoms with Crippen molar-refractivity contribution in [3.8, 4) is 0 Å². The first-order valence-electron chi connectivity index (χ1n) is 9.58. The van der Waals surface area contributed by atoms with E-state index in [0.717, 1.165) is 0 Å². The number of nitrogens with zero attached hydrogens (tertiary/aromatic N) is 3. The minimum absolute atomic E-state index is 0.00315. The molecule has 3 rings (SSSR count). The lowest BCUT2D eigenvalue weighted by molar-refractivity contribution is -0.143. The Bertz CT molecular complexity index is 1130. The SMILES string of the molecule is CC(NC(=O)c1cc(C(F)(F)F)cc(C(F)(F)F)c1)c1nccnc1C1=NNC(=O)C(C)(C)O1. The lowest BCUT2D eigenvalue weighted by atomic mass is 10.0. The van der Waals surface area contributed by atoms with Gasteiger partial charge in [0.1, 0.15) is 0 Å². The number of ether oxygens (including phenoxy) is 1. The molecule has 0 saturated heterocycles. The first-order chi connectivity index (χ1) is 15.6. The minimum atomic E-state index is -5.10. The molecule has 0 bridgehead atoms. The van der Waals surface area contributed by atoms with Crippen LogP contribution in [-0.2, 0) is 21.9 Å². The number of benzene rings is 1. The number of amides is 2. The topological polar surface area (TPSA) is 106 Å². The molecule has 1 aromatic heterocycles. The first-order valence-corrected chi connectivity index (χ1v) is 9.58. The number of halogens is 6.